The number of urea groups is 1. The standard InChI is InChI=1S/C17H25FN2O2S/c1-11-7-8-12-13(5-4-6-14(12)18)15(11)20-16(21)19-9-17(2,22)10-23-3/h4-6,11,15,22H,7-10H2,1-3H3,(H2,19,20,21). The van der Waals surface area contributed by atoms with Gasteiger partial charge in [-0.25, -0.2) is 9.18 Å². The molecule has 0 saturated carbocycles. The van der Waals surface area contributed by atoms with Gasteiger partial charge >= 0.3 is 6.03 Å². The predicted octanol–water partition coefficient (Wildman–Crippen LogP) is 2.86. The molecular formula is C17H25FN2O2S. The molecule has 128 valence electrons. The molecule has 1 aliphatic carbocycles. The molecule has 0 saturated heterocycles. The first-order valence-electron chi connectivity index (χ1n) is 7.87. The summed E-state index contributed by atoms with van der Waals surface area (Å²) in [5, 5.41) is 15.7. The summed E-state index contributed by atoms with van der Waals surface area (Å²) >= 11 is 1.53. The Kier molecular flexibility index (Phi) is 5.92. The second-order valence-electron chi connectivity index (χ2n) is 6.56. The summed E-state index contributed by atoms with van der Waals surface area (Å²) in [6, 6.07) is 4.48. The number of benzene rings is 1. The number of carbonyl (C=O) groups excluding carboxylic acids is 1. The van der Waals surface area contributed by atoms with E-state index in [2.05, 4.69) is 17.6 Å². The molecule has 2 amide bonds. The Balaban J connectivity index is 2.02. The monoisotopic (exact) mass is 340 g/mol. The summed E-state index contributed by atoms with van der Waals surface area (Å²) < 4.78 is 13.9. The van der Waals surface area contributed by atoms with Gasteiger partial charge in [0, 0.05) is 12.3 Å². The fraction of sp³-hybridized carbons (Fsp3) is 0.588. The number of carbonyl (C=O) groups is 1. The Morgan fingerprint density at radius 2 is 2.26 bits per heavy atom. The Labute approximate surface area is 141 Å². The molecule has 2 rings (SSSR count). The van der Waals surface area contributed by atoms with Crippen molar-refractivity contribution in [1.82, 2.24) is 10.6 Å². The van der Waals surface area contributed by atoms with E-state index in [0.717, 1.165) is 12.0 Å². The van der Waals surface area contributed by atoms with Crippen LogP contribution in [0, 0.1) is 11.7 Å². The van der Waals surface area contributed by atoms with Gasteiger partial charge in [0.1, 0.15) is 5.82 Å². The molecule has 1 aliphatic rings. The minimum absolute atomic E-state index is 0.177. The van der Waals surface area contributed by atoms with E-state index < -0.39 is 5.60 Å². The van der Waals surface area contributed by atoms with Crippen molar-refractivity contribution in [1.29, 1.82) is 0 Å². The van der Waals surface area contributed by atoms with Gasteiger partial charge in [0.15, 0.2) is 0 Å². The molecular weight excluding hydrogens is 315 g/mol. The van der Waals surface area contributed by atoms with Crippen molar-refractivity contribution in [3.63, 3.8) is 0 Å². The van der Waals surface area contributed by atoms with E-state index in [0.29, 0.717) is 17.7 Å². The number of rotatable bonds is 5. The van der Waals surface area contributed by atoms with Crippen molar-refractivity contribution < 1.29 is 14.3 Å². The van der Waals surface area contributed by atoms with Crippen molar-refractivity contribution in [3.05, 3.63) is 35.1 Å². The molecule has 6 heteroatoms. The Morgan fingerprint density at radius 3 is 2.96 bits per heavy atom. The van der Waals surface area contributed by atoms with Crippen molar-refractivity contribution >= 4 is 17.8 Å². The molecule has 3 N–H and O–H groups in total. The lowest BCUT2D eigenvalue weighted by atomic mass is 9.80. The van der Waals surface area contributed by atoms with E-state index in [-0.39, 0.29) is 30.4 Å². The van der Waals surface area contributed by atoms with E-state index in [1.165, 1.54) is 17.8 Å². The van der Waals surface area contributed by atoms with Crippen molar-refractivity contribution in [2.75, 3.05) is 18.6 Å². The van der Waals surface area contributed by atoms with E-state index in [1.54, 1.807) is 13.0 Å². The van der Waals surface area contributed by atoms with Gasteiger partial charge in [-0.15, -0.1) is 0 Å². The number of aliphatic hydroxyl groups is 1. The fourth-order valence-electron chi connectivity index (χ4n) is 3.02. The van der Waals surface area contributed by atoms with E-state index in [1.807, 2.05) is 12.3 Å². The van der Waals surface area contributed by atoms with Crippen molar-refractivity contribution in [2.24, 2.45) is 5.92 Å². The van der Waals surface area contributed by atoms with Crippen LogP contribution in [0.2, 0.25) is 0 Å². The van der Waals surface area contributed by atoms with Crippen LogP contribution in [0.15, 0.2) is 18.2 Å². The first kappa shape index (κ1) is 18.1. The highest BCUT2D eigenvalue weighted by Crippen LogP contribution is 2.35. The predicted molar refractivity (Wildman–Crippen MR) is 92.2 cm³/mol. The molecule has 3 atom stereocenters. The molecule has 4 nitrogen and oxygen atoms in total. The number of hydrogen-bond acceptors (Lipinski definition) is 3. The third kappa shape index (κ3) is 4.61. The maximum Gasteiger partial charge on any atom is 0.315 e. The Bertz CT molecular complexity index is 566. The van der Waals surface area contributed by atoms with Crippen LogP contribution in [0.5, 0.6) is 0 Å². The zero-order chi connectivity index (χ0) is 17.0. The second kappa shape index (κ2) is 7.53. The summed E-state index contributed by atoms with van der Waals surface area (Å²) in [5.74, 6) is 0.576. The van der Waals surface area contributed by atoms with Gasteiger partial charge in [0.2, 0.25) is 0 Å². The molecule has 0 aromatic heterocycles. The van der Waals surface area contributed by atoms with Crippen LogP contribution in [0.1, 0.15) is 37.4 Å². The highest BCUT2D eigenvalue weighted by molar-refractivity contribution is 7.98. The van der Waals surface area contributed by atoms with Gasteiger partial charge in [0.25, 0.3) is 0 Å². The van der Waals surface area contributed by atoms with Gasteiger partial charge in [-0.2, -0.15) is 11.8 Å². The smallest absolute Gasteiger partial charge is 0.315 e. The van der Waals surface area contributed by atoms with Crippen LogP contribution < -0.4 is 10.6 Å². The number of halogens is 1. The lowest BCUT2D eigenvalue weighted by Gasteiger charge is -2.32. The molecule has 0 bridgehead atoms. The maximum absolute atomic E-state index is 13.9. The fourth-order valence-corrected chi connectivity index (χ4v) is 3.74. The topological polar surface area (TPSA) is 61.4 Å². The van der Waals surface area contributed by atoms with Crippen LogP contribution in [0.3, 0.4) is 0 Å². The molecule has 0 spiro atoms. The Hall–Kier alpha value is -1.27. The largest absolute Gasteiger partial charge is 0.387 e. The quantitative estimate of drug-likeness (QED) is 0.772. The summed E-state index contributed by atoms with van der Waals surface area (Å²) in [6.45, 7) is 3.93. The second-order valence-corrected chi connectivity index (χ2v) is 7.42. The highest BCUT2D eigenvalue weighted by atomic mass is 32.2. The number of hydrogen-bond donors (Lipinski definition) is 3. The summed E-state index contributed by atoms with van der Waals surface area (Å²) in [7, 11) is 0. The number of thioether (sulfide) groups is 1. The first-order valence-corrected chi connectivity index (χ1v) is 9.26. The number of nitrogens with one attached hydrogen (secondary N) is 2. The van der Waals surface area contributed by atoms with Gasteiger partial charge in [-0.1, -0.05) is 19.1 Å². The molecule has 1 aromatic rings. The third-order valence-electron chi connectivity index (χ3n) is 4.28. The normalized spacial score (nSPS) is 22.8. The minimum atomic E-state index is -0.945. The lowest BCUT2D eigenvalue weighted by Crippen LogP contribution is -2.48. The van der Waals surface area contributed by atoms with Gasteiger partial charge in [0.05, 0.1) is 11.6 Å². The zero-order valence-electron chi connectivity index (χ0n) is 13.9. The van der Waals surface area contributed by atoms with Crippen LogP contribution >= 0.6 is 11.8 Å². The molecule has 0 radical (unpaired) electrons. The molecule has 3 unspecified atom stereocenters. The van der Waals surface area contributed by atoms with Crippen LogP contribution in [-0.2, 0) is 6.42 Å². The SMILES string of the molecule is CSCC(C)(O)CNC(=O)NC1c2cccc(F)c2CCC1C. The van der Waals surface area contributed by atoms with Gasteiger partial charge in [-0.05, 0) is 49.1 Å². The molecule has 0 aliphatic heterocycles. The van der Waals surface area contributed by atoms with Crippen LogP contribution in [0.25, 0.3) is 0 Å². The summed E-state index contributed by atoms with van der Waals surface area (Å²) in [6.07, 6.45) is 3.44. The third-order valence-corrected chi connectivity index (χ3v) is 5.19. The summed E-state index contributed by atoms with van der Waals surface area (Å²) in [4.78, 5) is 12.2. The van der Waals surface area contributed by atoms with Crippen LogP contribution in [0.4, 0.5) is 9.18 Å². The molecule has 0 heterocycles. The minimum Gasteiger partial charge on any atom is -0.387 e. The molecule has 0 fully saturated rings. The summed E-state index contributed by atoms with van der Waals surface area (Å²) in [5.41, 5.74) is 0.610. The maximum atomic E-state index is 13.9. The van der Waals surface area contributed by atoms with Crippen molar-refractivity contribution in [2.45, 2.75) is 38.3 Å². The lowest BCUT2D eigenvalue weighted by molar-refractivity contribution is 0.0866. The van der Waals surface area contributed by atoms with E-state index in [9.17, 15) is 14.3 Å². The average molecular weight is 340 g/mol. The number of fused-ring (bicyclic) bond motifs is 1. The number of amides is 2. The van der Waals surface area contributed by atoms with Crippen molar-refractivity contribution in [3.8, 4) is 0 Å². The Morgan fingerprint density at radius 1 is 1.52 bits per heavy atom. The van der Waals surface area contributed by atoms with Gasteiger partial charge in [-0.3, -0.25) is 0 Å². The zero-order valence-corrected chi connectivity index (χ0v) is 14.7. The average Bonchev–Trinajstić information content (AvgIpc) is 2.48. The van der Waals surface area contributed by atoms with Crippen LogP contribution in [-0.4, -0.2) is 35.3 Å². The first-order chi connectivity index (χ1) is 10.8. The van der Waals surface area contributed by atoms with Gasteiger partial charge < -0.3 is 15.7 Å². The van der Waals surface area contributed by atoms with E-state index >= 15 is 0 Å². The highest BCUT2D eigenvalue weighted by Gasteiger charge is 2.30. The van der Waals surface area contributed by atoms with E-state index in [4.69, 9.17) is 0 Å². The molecule has 23 heavy (non-hydrogen) atoms. The molecule has 1 aromatic carbocycles.